The van der Waals surface area contributed by atoms with E-state index in [2.05, 4.69) is 21.3 Å². The third kappa shape index (κ3) is 3.72. The highest BCUT2D eigenvalue weighted by Gasteiger charge is 2.41. The molecule has 3 aromatic rings. The van der Waals surface area contributed by atoms with Gasteiger partial charge in [0.1, 0.15) is 11.5 Å². The molecule has 0 saturated carbocycles. The van der Waals surface area contributed by atoms with Gasteiger partial charge in [-0.05, 0) is 61.9 Å². The number of hydrogen-bond donors (Lipinski definition) is 1. The number of aromatic nitrogens is 2. The van der Waals surface area contributed by atoms with E-state index >= 15 is 0 Å². The van der Waals surface area contributed by atoms with Gasteiger partial charge in [0.05, 0.1) is 11.1 Å². The third-order valence-corrected chi connectivity index (χ3v) is 7.00. The van der Waals surface area contributed by atoms with E-state index < -0.39 is 0 Å². The minimum absolute atomic E-state index is 0.0358. The zero-order valence-corrected chi connectivity index (χ0v) is 17.2. The lowest BCUT2D eigenvalue weighted by Gasteiger charge is -2.49. The van der Waals surface area contributed by atoms with Crippen LogP contribution in [0.2, 0.25) is 0 Å². The van der Waals surface area contributed by atoms with Crippen molar-refractivity contribution in [3.8, 4) is 11.5 Å². The van der Waals surface area contributed by atoms with Gasteiger partial charge < -0.3 is 9.73 Å². The molecule has 6 heterocycles. The van der Waals surface area contributed by atoms with Crippen LogP contribution in [0.4, 0.5) is 0 Å². The Kier molecular flexibility index (Phi) is 4.93. The van der Waals surface area contributed by atoms with Gasteiger partial charge >= 0.3 is 0 Å². The van der Waals surface area contributed by atoms with Crippen molar-refractivity contribution in [3.05, 3.63) is 58.4 Å². The van der Waals surface area contributed by atoms with E-state index in [1.807, 2.05) is 36.6 Å². The normalized spacial score (nSPS) is 25.8. The molecule has 0 aromatic carbocycles. The number of piperidine rings is 3. The van der Waals surface area contributed by atoms with Crippen molar-refractivity contribution in [1.82, 2.24) is 20.2 Å². The summed E-state index contributed by atoms with van der Waals surface area (Å²) in [4.78, 5) is 24.9. The second-order valence-electron chi connectivity index (χ2n) is 7.93. The van der Waals surface area contributed by atoms with Crippen molar-refractivity contribution in [2.45, 2.75) is 31.7 Å². The van der Waals surface area contributed by atoms with Crippen LogP contribution in [0, 0.1) is 12.8 Å². The van der Waals surface area contributed by atoms with E-state index in [1.165, 1.54) is 17.8 Å². The van der Waals surface area contributed by atoms with Gasteiger partial charge in [0.25, 0.3) is 5.91 Å². The van der Waals surface area contributed by atoms with Crippen molar-refractivity contribution >= 4 is 17.2 Å². The molecule has 1 N–H and O–H groups in total. The van der Waals surface area contributed by atoms with Crippen molar-refractivity contribution in [3.63, 3.8) is 0 Å². The maximum absolute atomic E-state index is 12.3. The summed E-state index contributed by atoms with van der Waals surface area (Å²) in [6.45, 7) is 4.73. The molecule has 6 nitrogen and oxygen atoms in total. The molecule has 3 aliphatic rings. The summed E-state index contributed by atoms with van der Waals surface area (Å²) in [6, 6.07) is 10.1. The maximum Gasteiger partial charge on any atom is 0.261 e. The Morgan fingerprint density at radius 2 is 2.28 bits per heavy atom. The Bertz CT molecular complexity index is 986. The van der Waals surface area contributed by atoms with E-state index in [0.29, 0.717) is 24.4 Å². The molecule has 3 fully saturated rings. The molecular weight excluding hydrogens is 384 g/mol. The largest absolute Gasteiger partial charge is 0.463 e. The highest BCUT2D eigenvalue weighted by molar-refractivity contribution is 7.12. The second kappa shape index (κ2) is 7.72. The number of carbonyl (C=O) groups excluding carboxylic acids is 1. The molecule has 0 aliphatic carbocycles. The van der Waals surface area contributed by atoms with Crippen LogP contribution < -0.4 is 5.32 Å². The molecule has 3 aliphatic heterocycles. The van der Waals surface area contributed by atoms with Crippen molar-refractivity contribution in [2.75, 3.05) is 19.6 Å². The second-order valence-corrected chi connectivity index (χ2v) is 8.88. The average molecular weight is 409 g/mol. The molecule has 7 heteroatoms. The molecule has 29 heavy (non-hydrogen) atoms. The Hall–Kier alpha value is -2.51. The molecule has 0 spiro atoms. The van der Waals surface area contributed by atoms with Gasteiger partial charge in [0.2, 0.25) is 0 Å². The van der Waals surface area contributed by atoms with Crippen LogP contribution in [0.1, 0.15) is 39.9 Å². The Morgan fingerprint density at radius 1 is 1.34 bits per heavy atom. The van der Waals surface area contributed by atoms with Crippen LogP contribution in [-0.2, 0) is 0 Å². The van der Waals surface area contributed by atoms with E-state index in [9.17, 15) is 4.79 Å². The first-order chi connectivity index (χ1) is 14.2. The highest BCUT2D eigenvalue weighted by atomic mass is 32.1. The number of aryl methyl sites for hydroxylation is 1. The first kappa shape index (κ1) is 18.5. The summed E-state index contributed by atoms with van der Waals surface area (Å²) in [7, 11) is 0. The molecule has 150 valence electrons. The Balaban J connectivity index is 1.29. The zero-order chi connectivity index (χ0) is 19.8. The minimum Gasteiger partial charge on any atom is -0.463 e. The smallest absolute Gasteiger partial charge is 0.261 e. The number of nitrogens with zero attached hydrogens (tertiary/aromatic N) is 3. The van der Waals surface area contributed by atoms with Crippen LogP contribution in [0.15, 0.2) is 46.4 Å². The van der Waals surface area contributed by atoms with E-state index in [4.69, 9.17) is 9.40 Å². The first-order valence-electron chi connectivity index (χ1n) is 10.1. The molecule has 4 unspecified atom stereocenters. The van der Waals surface area contributed by atoms with Crippen molar-refractivity contribution in [1.29, 1.82) is 0 Å². The van der Waals surface area contributed by atoms with Gasteiger partial charge in [-0.25, -0.2) is 9.97 Å². The van der Waals surface area contributed by atoms with Gasteiger partial charge in [-0.1, -0.05) is 6.07 Å². The third-order valence-electron chi connectivity index (χ3n) is 6.13. The lowest BCUT2D eigenvalue weighted by Crippen LogP contribution is -2.56. The predicted molar refractivity (Wildman–Crippen MR) is 112 cm³/mol. The van der Waals surface area contributed by atoms with Gasteiger partial charge in [0.15, 0.2) is 5.76 Å². The first-order valence-corrected chi connectivity index (χ1v) is 11.0. The number of rotatable bonds is 5. The fourth-order valence-corrected chi connectivity index (χ4v) is 5.36. The maximum atomic E-state index is 12.3. The molecule has 4 atom stereocenters. The SMILES string of the molecule is Cc1nc(-c2ccco2)cc(C2CN3CCC2CC3CNC(=O)c2cccs2)n1. The topological polar surface area (TPSA) is 71.3 Å². The zero-order valence-electron chi connectivity index (χ0n) is 16.4. The number of furan rings is 1. The Morgan fingerprint density at radius 3 is 3.00 bits per heavy atom. The molecule has 3 aromatic heterocycles. The van der Waals surface area contributed by atoms with Gasteiger partial charge in [-0.3, -0.25) is 9.69 Å². The monoisotopic (exact) mass is 408 g/mol. The highest BCUT2D eigenvalue weighted by Crippen LogP contribution is 2.41. The van der Waals surface area contributed by atoms with Crippen LogP contribution in [-0.4, -0.2) is 46.5 Å². The number of thiophene rings is 1. The van der Waals surface area contributed by atoms with Crippen LogP contribution in [0.25, 0.3) is 11.5 Å². The summed E-state index contributed by atoms with van der Waals surface area (Å²) in [6.07, 6.45) is 3.95. The summed E-state index contributed by atoms with van der Waals surface area (Å²) in [5.41, 5.74) is 1.97. The fourth-order valence-electron chi connectivity index (χ4n) is 4.72. The van der Waals surface area contributed by atoms with Crippen LogP contribution >= 0.6 is 11.3 Å². The van der Waals surface area contributed by atoms with Gasteiger partial charge in [-0.15, -0.1) is 11.3 Å². The summed E-state index contributed by atoms with van der Waals surface area (Å²) in [5.74, 6) is 2.59. The number of nitrogens with one attached hydrogen (secondary N) is 1. The average Bonchev–Trinajstić information content (AvgIpc) is 3.46. The number of hydrogen-bond acceptors (Lipinski definition) is 6. The molecule has 6 rings (SSSR count). The minimum atomic E-state index is 0.0358. The summed E-state index contributed by atoms with van der Waals surface area (Å²) >= 11 is 1.48. The Labute approximate surface area is 174 Å². The molecule has 3 saturated heterocycles. The molecule has 0 radical (unpaired) electrons. The molecule has 2 bridgehead atoms. The fraction of sp³-hybridized carbons (Fsp3) is 0.409. The molecular formula is C22H24N4O2S. The lowest BCUT2D eigenvalue weighted by atomic mass is 9.74. The quantitative estimate of drug-likeness (QED) is 0.697. The number of fused-ring (bicyclic) bond motifs is 3. The molecule has 1 amide bonds. The van der Waals surface area contributed by atoms with Crippen LogP contribution in [0.5, 0.6) is 0 Å². The van der Waals surface area contributed by atoms with Gasteiger partial charge in [0, 0.05) is 30.7 Å². The van der Waals surface area contributed by atoms with E-state index in [0.717, 1.165) is 47.4 Å². The number of carbonyl (C=O) groups is 1. The standard InChI is InChI=1S/C22H24N4O2S/c1-14-24-18(11-19(25-14)20-4-2-8-28-20)17-13-26-7-6-15(17)10-16(26)12-23-22(27)21-5-3-9-29-21/h2-5,8-9,11,15-17H,6-7,10,12-13H2,1H3,(H,23,27). The summed E-state index contributed by atoms with van der Waals surface area (Å²) in [5, 5.41) is 5.06. The lowest BCUT2D eigenvalue weighted by molar-refractivity contribution is 0.0290. The van der Waals surface area contributed by atoms with E-state index in [-0.39, 0.29) is 5.91 Å². The van der Waals surface area contributed by atoms with Crippen LogP contribution in [0.3, 0.4) is 0 Å². The predicted octanol–water partition coefficient (Wildman–Crippen LogP) is 3.71. The van der Waals surface area contributed by atoms with Gasteiger partial charge in [-0.2, -0.15) is 0 Å². The summed E-state index contributed by atoms with van der Waals surface area (Å²) < 4.78 is 5.54. The van der Waals surface area contributed by atoms with E-state index in [1.54, 1.807) is 6.26 Å². The number of amides is 1. The van der Waals surface area contributed by atoms with Crippen molar-refractivity contribution in [2.24, 2.45) is 5.92 Å². The van der Waals surface area contributed by atoms with Crippen molar-refractivity contribution < 1.29 is 9.21 Å².